The second-order valence-corrected chi connectivity index (χ2v) is 3.74. The quantitative estimate of drug-likeness (QED) is 0.681. The number of anilines is 1. The van der Waals surface area contributed by atoms with Crippen LogP contribution in [0.15, 0.2) is 36.7 Å². The van der Waals surface area contributed by atoms with E-state index >= 15 is 0 Å². The highest BCUT2D eigenvalue weighted by atomic mass is 19.1. The molecule has 1 heterocycles. The van der Waals surface area contributed by atoms with Gasteiger partial charge in [0, 0.05) is 24.4 Å². The van der Waals surface area contributed by atoms with Crippen molar-refractivity contribution in [1.82, 2.24) is 4.98 Å². The first-order valence-electron chi connectivity index (χ1n) is 5.34. The maximum Gasteiger partial charge on any atom is 0.310 e. The molecule has 0 aliphatic carbocycles. The third-order valence-corrected chi connectivity index (χ3v) is 2.48. The zero-order valence-corrected chi connectivity index (χ0v) is 9.64. The van der Waals surface area contributed by atoms with Crippen molar-refractivity contribution in [1.29, 1.82) is 0 Å². The van der Waals surface area contributed by atoms with Crippen molar-refractivity contribution in [3.8, 4) is 0 Å². The summed E-state index contributed by atoms with van der Waals surface area (Å²) in [4.78, 5) is 13.8. The molecule has 0 atom stereocenters. The summed E-state index contributed by atoms with van der Waals surface area (Å²) in [6.07, 6.45) is 2.49. The van der Waals surface area contributed by atoms with Crippen LogP contribution in [0.5, 0.6) is 0 Å². The number of halogens is 2. The number of hydrogen-bond donors (Lipinski definition) is 1. The van der Waals surface area contributed by atoms with E-state index in [0.717, 1.165) is 18.3 Å². The number of nitro groups is 1. The number of rotatable bonds is 4. The fourth-order valence-corrected chi connectivity index (χ4v) is 1.54. The van der Waals surface area contributed by atoms with Crippen LogP contribution in [0.3, 0.4) is 0 Å². The molecular weight excluding hydrogens is 256 g/mol. The van der Waals surface area contributed by atoms with Gasteiger partial charge in [-0.3, -0.25) is 15.1 Å². The summed E-state index contributed by atoms with van der Waals surface area (Å²) in [5, 5.41) is 13.5. The van der Waals surface area contributed by atoms with Crippen LogP contribution in [-0.2, 0) is 6.54 Å². The van der Waals surface area contributed by atoms with Gasteiger partial charge in [0.25, 0.3) is 0 Å². The van der Waals surface area contributed by atoms with Gasteiger partial charge in [-0.1, -0.05) is 6.07 Å². The zero-order valence-electron chi connectivity index (χ0n) is 9.64. The molecular formula is C12H9F2N3O2. The molecule has 0 aliphatic rings. The number of hydrogen-bond acceptors (Lipinski definition) is 4. The molecule has 5 nitrogen and oxygen atoms in total. The lowest BCUT2D eigenvalue weighted by molar-refractivity contribution is -0.384. The van der Waals surface area contributed by atoms with Gasteiger partial charge in [0.2, 0.25) is 0 Å². The monoisotopic (exact) mass is 265 g/mol. The first kappa shape index (κ1) is 12.9. The van der Waals surface area contributed by atoms with E-state index in [0.29, 0.717) is 0 Å². The lowest BCUT2D eigenvalue weighted by Crippen LogP contribution is -2.04. The van der Waals surface area contributed by atoms with Crippen molar-refractivity contribution < 1.29 is 13.7 Å². The van der Waals surface area contributed by atoms with Gasteiger partial charge < -0.3 is 5.32 Å². The molecule has 0 spiro atoms. The molecule has 1 N–H and O–H groups in total. The average Bonchev–Trinajstić information content (AvgIpc) is 2.38. The lowest BCUT2D eigenvalue weighted by atomic mass is 10.2. The molecule has 19 heavy (non-hydrogen) atoms. The summed E-state index contributed by atoms with van der Waals surface area (Å²) in [5.74, 6) is -1.37. The molecule has 0 amide bonds. The Morgan fingerprint density at radius 2 is 2.11 bits per heavy atom. The predicted molar refractivity (Wildman–Crippen MR) is 64.6 cm³/mol. The number of pyridine rings is 1. The maximum absolute atomic E-state index is 13.4. The minimum Gasteiger partial charge on any atom is -0.375 e. The molecule has 7 heteroatoms. The van der Waals surface area contributed by atoms with E-state index < -0.39 is 16.6 Å². The van der Waals surface area contributed by atoms with Crippen molar-refractivity contribution in [3.05, 3.63) is 64.0 Å². The van der Waals surface area contributed by atoms with Crippen LogP contribution in [0, 0.1) is 21.7 Å². The Balaban J connectivity index is 2.17. The third kappa shape index (κ3) is 3.01. The van der Waals surface area contributed by atoms with Crippen molar-refractivity contribution in [2.24, 2.45) is 0 Å². The molecule has 1 aromatic heterocycles. The lowest BCUT2D eigenvalue weighted by Gasteiger charge is -2.07. The first-order chi connectivity index (χ1) is 9.08. The largest absolute Gasteiger partial charge is 0.375 e. The van der Waals surface area contributed by atoms with E-state index in [1.54, 1.807) is 0 Å². The van der Waals surface area contributed by atoms with Gasteiger partial charge in [0.15, 0.2) is 0 Å². The Hall–Kier alpha value is -2.57. The molecule has 2 rings (SSSR count). The molecule has 0 aliphatic heterocycles. The number of benzene rings is 1. The highest BCUT2D eigenvalue weighted by Crippen LogP contribution is 2.23. The fourth-order valence-electron chi connectivity index (χ4n) is 1.54. The number of nitrogens with zero attached hydrogens (tertiary/aromatic N) is 2. The van der Waals surface area contributed by atoms with Gasteiger partial charge in [-0.05, 0) is 12.1 Å². The molecule has 0 bridgehead atoms. The smallest absolute Gasteiger partial charge is 0.310 e. The Bertz CT molecular complexity index is 620. The highest BCUT2D eigenvalue weighted by Gasteiger charge is 2.13. The Morgan fingerprint density at radius 1 is 1.32 bits per heavy atom. The maximum atomic E-state index is 13.4. The van der Waals surface area contributed by atoms with Gasteiger partial charge in [0.05, 0.1) is 4.92 Å². The summed E-state index contributed by atoms with van der Waals surface area (Å²) in [7, 11) is 0. The zero-order chi connectivity index (χ0) is 13.8. The van der Waals surface area contributed by atoms with E-state index in [4.69, 9.17) is 0 Å². The Labute approximate surface area is 107 Å². The van der Waals surface area contributed by atoms with Crippen LogP contribution in [-0.4, -0.2) is 9.91 Å². The van der Waals surface area contributed by atoms with Crippen molar-refractivity contribution in [2.45, 2.75) is 6.54 Å². The van der Waals surface area contributed by atoms with Crippen molar-refractivity contribution in [2.75, 3.05) is 5.32 Å². The third-order valence-electron chi connectivity index (χ3n) is 2.48. The molecule has 0 fully saturated rings. The van der Waals surface area contributed by atoms with E-state index in [1.165, 1.54) is 18.3 Å². The number of aromatic nitrogens is 1. The predicted octanol–water partition coefficient (Wildman–Crippen LogP) is 2.88. The van der Waals surface area contributed by atoms with Crippen LogP contribution in [0.2, 0.25) is 0 Å². The summed E-state index contributed by atoms with van der Waals surface area (Å²) in [5.41, 5.74) is 0.237. The second kappa shape index (κ2) is 5.38. The molecule has 0 radical (unpaired) electrons. The average molecular weight is 265 g/mol. The molecule has 0 unspecified atom stereocenters. The van der Waals surface area contributed by atoms with Gasteiger partial charge >= 0.3 is 5.69 Å². The summed E-state index contributed by atoms with van der Waals surface area (Å²) in [6, 6.07) is 4.59. The van der Waals surface area contributed by atoms with Crippen LogP contribution < -0.4 is 5.32 Å². The molecule has 0 saturated carbocycles. The van der Waals surface area contributed by atoms with Gasteiger partial charge in [-0.25, -0.2) is 8.78 Å². The van der Waals surface area contributed by atoms with Crippen LogP contribution in [0.1, 0.15) is 5.56 Å². The minimum atomic E-state index is -0.704. The van der Waals surface area contributed by atoms with E-state index in [9.17, 15) is 18.9 Å². The topological polar surface area (TPSA) is 68.1 Å². The molecule has 2 aromatic rings. The Kier molecular flexibility index (Phi) is 3.65. The molecule has 98 valence electrons. The summed E-state index contributed by atoms with van der Waals surface area (Å²) in [6.45, 7) is 0.0109. The summed E-state index contributed by atoms with van der Waals surface area (Å²) >= 11 is 0. The van der Waals surface area contributed by atoms with E-state index in [-0.39, 0.29) is 23.5 Å². The summed E-state index contributed by atoms with van der Waals surface area (Å²) < 4.78 is 26.1. The van der Waals surface area contributed by atoms with E-state index in [2.05, 4.69) is 10.3 Å². The van der Waals surface area contributed by atoms with Gasteiger partial charge in [0.1, 0.15) is 23.5 Å². The Morgan fingerprint density at radius 3 is 2.79 bits per heavy atom. The molecule has 1 aromatic carbocycles. The second-order valence-electron chi connectivity index (χ2n) is 3.74. The van der Waals surface area contributed by atoms with Gasteiger partial charge in [-0.15, -0.1) is 0 Å². The standard InChI is InChI=1S/C12H9F2N3O2/c13-9-2-1-8(10(14)5-9)6-16-11-3-4-15-7-12(11)17(18)19/h1-5,7H,6H2,(H,15,16). The van der Waals surface area contributed by atoms with Gasteiger partial charge in [-0.2, -0.15) is 0 Å². The first-order valence-corrected chi connectivity index (χ1v) is 5.34. The highest BCUT2D eigenvalue weighted by molar-refractivity contribution is 5.59. The minimum absolute atomic E-state index is 0.0109. The van der Waals surface area contributed by atoms with E-state index in [1.807, 2.05) is 0 Å². The SMILES string of the molecule is O=[N+]([O-])c1cnccc1NCc1ccc(F)cc1F. The van der Waals surface area contributed by atoms with Crippen LogP contribution in [0.4, 0.5) is 20.2 Å². The normalized spacial score (nSPS) is 10.2. The van der Waals surface area contributed by atoms with Crippen molar-refractivity contribution >= 4 is 11.4 Å². The van der Waals surface area contributed by atoms with Crippen molar-refractivity contribution in [3.63, 3.8) is 0 Å². The van der Waals surface area contributed by atoms with Crippen LogP contribution >= 0.6 is 0 Å². The molecule has 0 saturated heterocycles. The fraction of sp³-hybridized carbons (Fsp3) is 0.0833. The van der Waals surface area contributed by atoms with Crippen LogP contribution in [0.25, 0.3) is 0 Å². The number of nitrogens with one attached hydrogen (secondary N) is 1.